The van der Waals surface area contributed by atoms with Crippen LogP contribution in [0, 0.1) is 6.92 Å². The third kappa shape index (κ3) is 5.29. The van der Waals surface area contributed by atoms with E-state index in [2.05, 4.69) is 15.3 Å². The van der Waals surface area contributed by atoms with Crippen LogP contribution in [0.3, 0.4) is 0 Å². The summed E-state index contributed by atoms with van der Waals surface area (Å²) < 4.78 is 11.1. The van der Waals surface area contributed by atoms with Crippen LogP contribution in [0.4, 0.5) is 0 Å². The van der Waals surface area contributed by atoms with Crippen LogP contribution < -0.4 is 5.32 Å². The topological polar surface area (TPSA) is 76.6 Å². The van der Waals surface area contributed by atoms with E-state index in [0.29, 0.717) is 48.9 Å². The summed E-state index contributed by atoms with van der Waals surface area (Å²) in [6.45, 7) is 4.73. The second kappa shape index (κ2) is 10.7. The lowest BCUT2D eigenvalue weighted by molar-refractivity contribution is -0.0533. The normalized spacial score (nSPS) is 22.2. The van der Waals surface area contributed by atoms with Crippen molar-refractivity contribution >= 4 is 17.5 Å². The molecule has 1 amide bonds. The SMILES string of the molecule is COC1COCCC1NC1CCN(C(=O)c2ncnc(Cc3ccccc3Cl)c2C)CC1. The summed E-state index contributed by atoms with van der Waals surface area (Å²) in [6.07, 6.45) is 4.92. The van der Waals surface area contributed by atoms with Gasteiger partial charge >= 0.3 is 0 Å². The number of carbonyl (C=O) groups is 1. The van der Waals surface area contributed by atoms with E-state index in [9.17, 15) is 4.79 Å². The number of ether oxygens (including phenoxy) is 2. The van der Waals surface area contributed by atoms with Crippen molar-refractivity contribution in [3.05, 3.63) is 58.1 Å². The Kier molecular flexibility index (Phi) is 7.73. The first-order valence-corrected chi connectivity index (χ1v) is 11.6. The standard InChI is InChI=1S/C24H31ClN4O3/c1-16-21(13-17-5-3-4-6-19(17)25)26-15-27-23(16)24(30)29-10-7-18(8-11-29)28-20-9-12-32-14-22(20)31-2/h3-6,15,18,20,22,28H,7-14H2,1-2H3. The van der Waals surface area contributed by atoms with Gasteiger partial charge in [0.15, 0.2) is 0 Å². The molecule has 4 rings (SSSR count). The molecule has 0 saturated carbocycles. The average Bonchev–Trinajstić information content (AvgIpc) is 2.82. The van der Waals surface area contributed by atoms with Gasteiger partial charge in [-0.2, -0.15) is 0 Å². The lowest BCUT2D eigenvalue weighted by atomic mass is 9.99. The fourth-order valence-electron chi connectivity index (χ4n) is 4.54. The first-order valence-electron chi connectivity index (χ1n) is 11.3. The number of nitrogens with one attached hydrogen (secondary N) is 1. The molecule has 0 aliphatic carbocycles. The van der Waals surface area contributed by atoms with Gasteiger partial charge in [-0.3, -0.25) is 4.79 Å². The zero-order chi connectivity index (χ0) is 22.5. The maximum atomic E-state index is 13.2. The largest absolute Gasteiger partial charge is 0.379 e. The summed E-state index contributed by atoms with van der Waals surface area (Å²) >= 11 is 6.31. The third-order valence-corrected chi connectivity index (χ3v) is 6.91. The highest BCUT2D eigenvalue weighted by Crippen LogP contribution is 2.22. The number of hydrogen-bond donors (Lipinski definition) is 1. The van der Waals surface area contributed by atoms with Crippen LogP contribution in [0.2, 0.25) is 5.02 Å². The number of methoxy groups -OCH3 is 1. The maximum absolute atomic E-state index is 13.2. The van der Waals surface area contributed by atoms with Gasteiger partial charge in [-0.05, 0) is 37.8 Å². The molecule has 2 fully saturated rings. The molecule has 2 atom stereocenters. The Morgan fingerprint density at radius 1 is 1.25 bits per heavy atom. The summed E-state index contributed by atoms with van der Waals surface area (Å²) in [5, 5.41) is 4.43. The number of piperidine rings is 1. The van der Waals surface area contributed by atoms with Crippen LogP contribution in [0.5, 0.6) is 0 Å². The minimum Gasteiger partial charge on any atom is -0.379 e. The van der Waals surface area contributed by atoms with E-state index in [0.717, 1.165) is 42.7 Å². The van der Waals surface area contributed by atoms with Crippen LogP contribution in [-0.4, -0.2) is 72.4 Å². The molecule has 172 valence electrons. The number of carbonyl (C=O) groups excluding carboxylic acids is 1. The monoisotopic (exact) mass is 458 g/mol. The first-order chi connectivity index (χ1) is 15.6. The Labute approximate surface area is 194 Å². The number of aromatic nitrogens is 2. The van der Waals surface area contributed by atoms with Gasteiger partial charge in [-0.25, -0.2) is 9.97 Å². The van der Waals surface area contributed by atoms with Crippen molar-refractivity contribution in [2.45, 2.75) is 50.8 Å². The number of nitrogens with zero attached hydrogens (tertiary/aromatic N) is 3. The number of amides is 1. The summed E-state index contributed by atoms with van der Waals surface area (Å²) in [5.41, 5.74) is 3.13. The van der Waals surface area contributed by atoms with E-state index in [1.807, 2.05) is 36.1 Å². The lowest BCUT2D eigenvalue weighted by Gasteiger charge is -2.38. The van der Waals surface area contributed by atoms with Gasteiger partial charge in [0.2, 0.25) is 0 Å². The molecular weight excluding hydrogens is 428 g/mol. The molecule has 0 spiro atoms. The molecule has 7 nitrogen and oxygen atoms in total. The van der Waals surface area contributed by atoms with E-state index in [4.69, 9.17) is 21.1 Å². The van der Waals surface area contributed by atoms with Crippen LogP contribution in [0.15, 0.2) is 30.6 Å². The number of benzene rings is 1. The molecule has 2 unspecified atom stereocenters. The van der Waals surface area contributed by atoms with Gasteiger partial charge in [0.25, 0.3) is 5.91 Å². The Morgan fingerprint density at radius 2 is 2.03 bits per heavy atom. The number of likely N-dealkylation sites (tertiary alicyclic amines) is 1. The van der Waals surface area contributed by atoms with Crippen LogP contribution in [0.25, 0.3) is 0 Å². The zero-order valence-electron chi connectivity index (χ0n) is 18.7. The van der Waals surface area contributed by atoms with Gasteiger partial charge in [-0.15, -0.1) is 0 Å². The Morgan fingerprint density at radius 3 is 2.78 bits per heavy atom. The van der Waals surface area contributed by atoms with Crippen molar-refractivity contribution in [1.29, 1.82) is 0 Å². The minimum absolute atomic E-state index is 0.0235. The van der Waals surface area contributed by atoms with Gasteiger partial charge in [-0.1, -0.05) is 29.8 Å². The van der Waals surface area contributed by atoms with Gasteiger partial charge < -0.3 is 19.7 Å². The van der Waals surface area contributed by atoms with Crippen LogP contribution in [-0.2, 0) is 15.9 Å². The molecule has 3 heterocycles. The molecule has 8 heteroatoms. The van der Waals surface area contributed by atoms with Crippen molar-refractivity contribution in [3.63, 3.8) is 0 Å². The number of halogens is 1. The molecule has 0 bridgehead atoms. The fourth-order valence-corrected chi connectivity index (χ4v) is 4.74. The summed E-state index contributed by atoms with van der Waals surface area (Å²) in [4.78, 5) is 23.9. The van der Waals surface area contributed by atoms with Crippen molar-refractivity contribution in [2.24, 2.45) is 0 Å². The Bertz CT molecular complexity index is 933. The van der Waals surface area contributed by atoms with Crippen LogP contribution in [0.1, 0.15) is 46.6 Å². The second-order valence-electron chi connectivity index (χ2n) is 8.54. The van der Waals surface area contributed by atoms with E-state index in [1.165, 1.54) is 6.33 Å². The summed E-state index contributed by atoms with van der Waals surface area (Å²) in [7, 11) is 1.74. The molecular formula is C24H31ClN4O3. The van der Waals surface area contributed by atoms with Gasteiger partial charge in [0.05, 0.1) is 18.4 Å². The molecule has 2 aliphatic rings. The molecule has 1 N–H and O–H groups in total. The molecule has 32 heavy (non-hydrogen) atoms. The quantitative estimate of drug-likeness (QED) is 0.717. The highest BCUT2D eigenvalue weighted by atomic mass is 35.5. The predicted molar refractivity (Wildman–Crippen MR) is 123 cm³/mol. The van der Waals surface area contributed by atoms with Gasteiger partial charge in [0, 0.05) is 55.9 Å². The molecule has 1 aromatic heterocycles. The number of rotatable bonds is 6. The zero-order valence-corrected chi connectivity index (χ0v) is 19.5. The Balaban J connectivity index is 1.37. The van der Waals surface area contributed by atoms with Crippen molar-refractivity contribution in [2.75, 3.05) is 33.4 Å². The smallest absolute Gasteiger partial charge is 0.272 e. The second-order valence-corrected chi connectivity index (χ2v) is 8.95. The van der Waals surface area contributed by atoms with E-state index >= 15 is 0 Å². The van der Waals surface area contributed by atoms with Crippen molar-refractivity contribution < 1.29 is 14.3 Å². The highest BCUT2D eigenvalue weighted by molar-refractivity contribution is 6.31. The van der Waals surface area contributed by atoms with E-state index in [-0.39, 0.29) is 12.0 Å². The Hall–Kier alpha value is -2.06. The summed E-state index contributed by atoms with van der Waals surface area (Å²) in [6, 6.07) is 8.39. The highest BCUT2D eigenvalue weighted by Gasteiger charge is 2.31. The molecule has 2 aliphatic heterocycles. The van der Waals surface area contributed by atoms with E-state index in [1.54, 1.807) is 7.11 Å². The lowest BCUT2D eigenvalue weighted by Crippen LogP contribution is -2.54. The average molecular weight is 459 g/mol. The van der Waals surface area contributed by atoms with Crippen LogP contribution >= 0.6 is 11.6 Å². The number of hydrogen-bond acceptors (Lipinski definition) is 6. The van der Waals surface area contributed by atoms with Crippen molar-refractivity contribution in [3.8, 4) is 0 Å². The molecule has 0 radical (unpaired) electrons. The molecule has 2 aromatic rings. The summed E-state index contributed by atoms with van der Waals surface area (Å²) in [5.74, 6) is -0.0235. The molecule has 2 saturated heterocycles. The van der Waals surface area contributed by atoms with Crippen molar-refractivity contribution in [1.82, 2.24) is 20.2 Å². The van der Waals surface area contributed by atoms with Gasteiger partial charge in [0.1, 0.15) is 12.0 Å². The predicted octanol–water partition coefficient (Wildman–Crippen LogP) is 3.03. The third-order valence-electron chi connectivity index (χ3n) is 6.55. The minimum atomic E-state index is -0.0235. The fraction of sp³-hybridized carbons (Fsp3) is 0.542. The maximum Gasteiger partial charge on any atom is 0.272 e. The molecule has 1 aromatic carbocycles. The first kappa shape index (κ1) is 23.1. The van der Waals surface area contributed by atoms with E-state index < -0.39 is 0 Å².